The van der Waals surface area contributed by atoms with Crippen molar-refractivity contribution in [3.05, 3.63) is 29.0 Å². The van der Waals surface area contributed by atoms with Gasteiger partial charge in [0.25, 0.3) is 0 Å². The Labute approximate surface area is 189 Å². The number of guanidine groups is 1. The molecule has 1 aliphatic heterocycles. The molecular formula is C19H32ClIN6O. The maximum absolute atomic E-state index is 11.2. The third-order valence-electron chi connectivity index (χ3n) is 4.90. The standard InChI is InChI=1S/C19H31ClN6O.HI/c1-22-19(24-10-6-15-4-5-17(20)25-14-15)23-9-2-3-11-26-12-7-16(8-13-26)18(21)27;/h4-5,14,16H,2-3,6-13H2,1H3,(H2,21,27)(H2,22,23,24);1H. The number of amides is 1. The lowest BCUT2D eigenvalue weighted by Crippen LogP contribution is -2.40. The molecule has 1 fully saturated rings. The first kappa shape index (κ1) is 24.9. The van der Waals surface area contributed by atoms with E-state index in [0.29, 0.717) is 5.15 Å². The number of rotatable bonds is 9. The average molecular weight is 523 g/mol. The summed E-state index contributed by atoms with van der Waals surface area (Å²) in [5, 5.41) is 7.17. The van der Waals surface area contributed by atoms with E-state index in [4.69, 9.17) is 17.3 Å². The molecular weight excluding hydrogens is 491 g/mol. The molecule has 0 unspecified atom stereocenters. The molecule has 158 valence electrons. The maximum Gasteiger partial charge on any atom is 0.220 e. The van der Waals surface area contributed by atoms with Crippen LogP contribution in [-0.4, -0.2) is 61.5 Å². The Hall–Kier alpha value is -1.13. The highest BCUT2D eigenvalue weighted by atomic mass is 127. The van der Waals surface area contributed by atoms with Gasteiger partial charge in [-0.05, 0) is 63.4 Å². The van der Waals surface area contributed by atoms with E-state index in [1.807, 2.05) is 6.07 Å². The first-order valence-electron chi connectivity index (χ1n) is 9.65. The predicted molar refractivity (Wildman–Crippen MR) is 125 cm³/mol. The fourth-order valence-corrected chi connectivity index (χ4v) is 3.32. The number of aromatic nitrogens is 1. The second kappa shape index (κ2) is 13.9. The van der Waals surface area contributed by atoms with Crippen LogP contribution in [0, 0.1) is 5.92 Å². The second-order valence-electron chi connectivity index (χ2n) is 6.89. The summed E-state index contributed by atoms with van der Waals surface area (Å²) >= 11 is 5.79. The lowest BCUT2D eigenvalue weighted by Gasteiger charge is -2.30. The summed E-state index contributed by atoms with van der Waals surface area (Å²) in [5.41, 5.74) is 6.52. The summed E-state index contributed by atoms with van der Waals surface area (Å²) in [6.45, 7) is 4.70. The van der Waals surface area contributed by atoms with Crippen LogP contribution in [0.25, 0.3) is 0 Å². The van der Waals surface area contributed by atoms with Crippen molar-refractivity contribution >= 4 is 47.4 Å². The minimum Gasteiger partial charge on any atom is -0.369 e. The zero-order chi connectivity index (χ0) is 19.5. The summed E-state index contributed by atoms with van der Waals surface area (Å²) in [6.07, 6.45) is 6.67. The number of hydrogen-bond donors (Lipinski definition) is 3. The van der Waals surface area contributed by atoms with E-state index in [2.05, 4.69) is 25.5 Å². The lowest BCUT2D eigenvalue weighted by atomic mass is 9.96. The molecule has 0 aromatic carbocycles. The van der Waals surface area contributed by atoms with Gasteiger partial charge in [0.05, 0.1) is 0 Å². The third-order valence-corrected chi connectivity index (χ3v) is 5.13. The van der Waals surface area contributed by atoms with Crippen molar-refractivity contribution in [2.45, 2.75) is 32.1 Å². The number of nitrogens with two attached hydrogens (primary N) is 1. The first-order chi connectivity index (χ1) is 13.1. The second-order valence-corrected chi connectivity index (χ2v) is 7.28. The van der Waals surface area contributed by atoms with Crippen molar-refractivity contribution in [2.24, 2.45) is 16.6 Å². The summed E-state index contributed by atoms with van der Waals surface area (Å²) in [6, 6.07) is 3.79. The smallest absolute Gasteiger partial charge is 0.220 e. The normalized spacial score (nSPS) is 15.7. The summed E-state index contributed by atoms with van der Waals surface area (Å²) in [7, 11) is 1.78. The molecule has 28 heavy (non-hydrogen) atoms. The van der Waals surface area contributed by atoms with E-state index < -0.39 is 0 Å². The van der Waals surface area contributed by atoms with E-state index in [1.165, 1.54) is 0 Å². The third kappa shape index (κ3) is 9.38. The summed E-state index contributed by atoms with van der Waals surface area (Å²) < 4.78 is 0. The van der Waals surface area contributed by atoms with Crippen LogP contribution in [0.2, 0.25) is 5.15 Å². The quantitative estimate of drug-likeness (QED) is 0.152. The van der Waals surface area contributed by atoms with Crippen LogP contribution in [0.5, 0.6) is 0 Å². The van der Waals surface area contributed by atoms with Crippen molar-refractivity contribution < 1.29 is 4.79 Å². The number of nitrogens with zero attached hydrogens (tertiary/aromatic N) is 3. The molecule has 2 heterocycles. The van der Waals surface area contributed by atoms with Crippen molar-refractivity contribution in [1.82, 2.24) is 20.5 Å². The number of halogens is 2. The molecule has 1 amide bonds. The minimum atomic E-state index is -0.148. The zero-order valence-corrected chi connectivity index (χ0v) is 19.6. The molecule has 1 aliphatic rings. The van der Waals surface area contributed by atoms with E-state index in [-0.39, 0.29) is 35.8 Å². The van der Waals surface area contributed by atoms with Crippen LogP contribution >= 0.6 is 35.6 Å². The number of nitrogens with one attached hydrogen (secondary N) is 2. The van der Waals surface area contributed by atoms with Gasteiger partial charge in [0.15, 0.2) is 5.96 Å². The molecule has 0 spiro atoms. The average Bonchev–Trinajstić information content (AvgIpc) is 2.68. The predicted octanol–water partition coefficient (Wildman–Crippen LogP) is 2.04. The molecule has 0 aliphatic carbocycles. The van der Waals surface area contributed by atoms with Crippen LogP contribution < -0.4 is 16.4 Å². The Bertz CT molecular complexity index is 605. The van der Waals surface area contributed by atoms with Gasteiger partial charge in [0.2, 0.25) is 5.91 Å². The molecule has 4 N–H and O–H groups in total. The van der Waals surface area contributed by atoms with Gasteiger partial charge in [-0.25, -0.2) is 4.98 Å². The summed E-state index contributed by atoms with van der Waals surface area (Å²) in [5.74, 6) is 0.741. The number of hydrogen-bond acceptors (Lipinski definition) is 4. The largest absolute Gasteiger partial charge is 0.369 e. The Morgan fingerprint density at radius 3 is 2.61 bits per heavy atom. The van der Waals surface area contributed by atoms with Crippen molar-refractivity contribution in [1.29, 1.82) is 0 Å². The number of likely N-dealkylation sites (tertiary alicyclic amines) is 1. The molecule has 0 saturated carbocycles. The SMILES string of the molecule is CN=C(NCCCCN1CCC(C(N)=O)CC1)NCCc1ccc(Cl)nc1.I. The molecule has 0 bridgehead atoms. The fraction of sp³-hybridized carbons (Fsp3) is 0.632. The van der Waals surface area contributed by atoms with Crippen LogP contribution in [0.3, 0.4) is 0 Å². The minimum absolute atomic E-state index is 0. The van der Waals surface area contributed by atoms with Gasteiger partial charge in [-0.1, -0.05) is 17.7 Å². The molecule has 1 aromatic rings. The first-order valence-corrected chi connectivity index (χ1v) is 10.0. The van der Waals surface area contributed by atoms with E-state index in [1.54, 1.807) is 19.3 Å². The molecule has 7 nitrogen and oxygen atoms in total. The Morgan fingerprint density at radius 1 is 1.29 bits per heavy atom. The Kier molecular flexibility index (Phi) is 12.4. The van der Waals surface area contributed by atoms with Gasteiger partial charge in [-0.2, -0.15) is 0 Å². The number of carbonyl (C=O) groups excluding carboxylic acids is 1. The van der Waals surface area contributed by atoms with Gasteiger partial charge in [-0.15, -0.1) is 24.0 Å². The Morgan fingerprint density at radius 2 is 2.00 bits per heavy atom. The zero-order valence-electron chi connectivity index (χ0n) is 16.5. The molecule has 0 atom stereocenters. The molecule has 9 heteroatoms. The van der Waals surface area contributed by atoms with Crippen molar-refractivity contribution in [3.8, 4) is 0 Å². The van der Waals surface area contributed by atoms with Crippen LogP contribution in [-0.2, 0) is 11.2 Å². The Balaban J connectivity index is 0.00000392. The monoisotopic (exact) mass is 522 g/mol. The number of carbonyl (C=O) groups is 1. The van der Waals surface area contributed by atoms with Crippen LogP contribution in [0.1, 0.15) is 31.2 Å². The topological polar surface area (TPSA) is 95.6 Å². The number of primary amides is 1. The molecule has 1 saturated heterocycles. The van der Waals surface area contributed by atoms with Gasteiger partial charge in [0, 0.05) is 32.3 Å². The van der Waals surface area contributed by atoms with E-state index >= 15 is 0 Å². The highest BCUT2D eigenvalue weighted by Crippen LogP contribution is 2.16. The van der Waals surface area contributed by atoms with Gasteiger partial charge < -0.3 is 21.3 Å². The fourth-order valence-electron chi connectivity index (χ4n) is 3.21. The van der Waals surface area contributed by atoms with Gasteiger partial charge in [0.1, 0.15) is 5.15 Å². The van der Waals surface area contributed by atoms with E-state index in [9.17, 15) is 4.79 Å². The molecule has 1 aromatic heterocycles. The number of pyridine rings is 1. The number of unbranched alkanes of at least 4 members (excludes halogenated alkanes) is 1. The van der Waals surface area contributed by atoms with Crippen LogP contribution in [0.4, 0.5) is 0 Å². The summed E-state index contributed by atoms with van der Waals surface area (Å²) in [4.78, 5) is 21.9. The van der Waals surface area contributed by atoms with E-state index in [0.717, 1.165) is 76.4 Å². The lowest BCUT2D eigenvalue weighted by molar-refractivity contribution is -0.123. The van der Waals surface area contributed by atoms with Crippen molar-refractivity contribution in [2.75, 3.05) is 39.8 Å². The highest BCUT2D eigenvalue weighted by molar-refractivity contribution is 14.0. The van der Waals surface area contributed by atoms with Crippen molar-refractivity contribution in [3.63, 3.8) is 0 Å². The van der Waals surface area contributed by atoms with Crippen LogP contribution in [0.15, 0.2) is 23.3 Å². The molecule has 2 rings (SSSR count). The number of aliphatic imine (C=N–C) groups is 1. The van der Waals surface area contributed by atoms with Gasteiger partial charge >= 0.3 is 0 Å². The number of piperidine rings is 1. The molecule has 0 radical (unpaired) electrons. The maximum atomic E-state index is 11.2. The van der Waals surface area contributed by atoms with Gasteiger partial charge in [-0.3, -0.25) is 9.79 Å². The highest BCUT2D eigenvalue weighted by Gasteiger charge is 2.22.